The number of halogens is 3. The van der Waals surface area contributed by atoms with E-state index in [0.717, 1.165) is 5.56 Å². The van der Waals surface area contributed by atoms with E-state index in [1.165, 1.54) is 0 Å². The number of carbonyl (C=O) groups is 1. The zero-order valence-corrected chi connectivity index (χ0v) is 11.7. The smallest absolute Gasteiger partial charge is 0.304 e. The first kappa shape index (κ1) is 12.7. The molecule has 0 spiro atoms. The van der Waals surface area contributed by atoms with Gasteiger partial charge >= 0.3 is 6.03 Å². The molecule has 0 saturated heterocycles. The van der Waals surface area contributed by atoms with Crippen LogP contribution in [0, 0.1) is 0 Å². The van der Waals surface area contributed by atoms with E-state index in [9.17, 15) is 4.79 Å². The van der Waals surface area contributed by atoms with Crippen molar-refractivity contribution in [2.24, 2.45) is 4.99 Å². The minimum atomic E-state index is -0.366. The number of fused-ring (bicyclic) bond motifs is 1. The minimum Gasteiger partial charge on any atom is -0.304 e. The Kier molecular flexibility index (Phi) is 3.13. The molecule has 1 atom stereocenters. The largest absolute Gasteiger partial charge is 0.346 e. The van der Waals surface area contributed by atoms with Crippen LogP contribution in [0.4, 0.5) is 4.79 Å². The molecule has 0 fully saturated rings. The molecule has 1 N–H and O–H groups in total. The van der Waals surface area contributed by atoms with Gasteiger partial charge in [-0.3, -0.25) is 0 Å². The fraction of sp³-hybridized carbons (Fsp3) is 0.0769. The number of allylic oxidation sites excluding steroid dienone is 3. The maximum Gasteiger partial charge on any atom is 0.346 e. The Morgan fingerprint density at radius 1 is 1.16 bits per heavy atom. The number of hydrogen-bond acceptors (Lipinski definition) is 1. The molecule has 3 nitrogen and oxygen atoms in total. The number of aliphatic imine (C=N–C) groups is 1. The summed E-state index contributed by atoms with van der Waals surface area (Å²) in [5.41, 5.74) is 2.01. The molecule has 1 unspecified atom stereocenters. The first-order chi connectivity index (χ1) is 9.06. The first-order valence-corrected chi connectivity index (χ1v) is 6.63. The SMILES string of the molecule is O=C1N=C2C=CC(c3c(Cl)ccc(Cl)c3Cl)C=C2N1. The summed E-state index contributed by atoms with van der Waals surface area (Å²) in [6.07, 6.45) is 5.50. The number of nitrogens with one attached hydrogen (secondary N) is 1. The summed E-state index contributed by atoms with van der Waals surface area (Å²) in [6.45, 7) is 0. The van der Waals surface area contributed by atoms with Crippen LogP contribution in [0.25, 0.3) is 0 Å². The molecule has 0 saturated carbocycles. The maximum absolute atomic E-state index is 11.2. The highest BCUT2D eigenvalue weighted by Gasteiger charge is 2.25. The Morgan fingerprint density at radius 3 is 2.68 bits per heavy atom. The van der Waals surface area contributed by atoms with Gasteiger partial charge < -0.3 is 5.32 Å². The lowest BCUT2D eigenvalue weighted by Crippen LogP contribution is -2.17. The third-order valence-electron chi connectivity index (χ3n) is 2.96. The molecule has 1 heterocycles. The van der Waals surface area contributed by atoms with E-state index < -0.39 is 0 Å². The van der Waals surface area contributed by atoms with Crippen LogP contribution in [0.1, 0.15) is 11.5 Å². The van der Waals surface area contributed by atoms with Crippen molar-refractivity contribution in [1.82, 2.24) is 5.32 Å². The monoisotopic (exact) mass is 312 g/mol. The zero-order chi connectivity index (χ0) is 13.6. The van der Waals surface area contributed by atoms with Crippen molar-refractivity contribution in [2.75, 3.05) is 0 Å². The lowest BCUT2D eigenvalue weighted by Gasteiger charge is -2.17. The van der Waals surface area contributed by atoms with Crippen molar-refractivity contribution in [1.29, 1.82) is 0 Å². The number of urea groups is 1. The molecule has 3 rings (SSSR count). The Morgan fingerprint density at radius 2 is 1.89 bits per heavy atom. The standard InChI is InChI=1S/C13H7Cl3N2O/c14-7-2-3-8(15)12(16)11(7)6-1-4-9-10(5-6)18-13(19)17-9/h1-6H,(H,18,19). The molecule has 19 heavy (non-hydrogen) atoms. The predicted octanol–water partition coefficient (Wildman–Crippen LogP) is 4.35. The fourth-order valence-corrected chi connectivity index (χ4v) is 2.88. The van der Waals surface area contributed by atoms with Gasteiger partial charge in [-0.2, -0.15) is 4.99 Å². The molecule has 0 bridgehead atoms. The first-order valence-electron chi connectivity index (χ1n) is 5.49. The van der Waals surface area contributed by atoms with Crippen molar-refractivity contribution in [3.8, 4) is 0 Å². The molecular formula is C13H7Cl3N2O. The molecule has 1 aromatic carbocycles. The van der Waals surface area contributed by atoms with Crippen LogP contribution in [0.15, 0.2) is 41.1 Å². The molecule has 96 valence electrons. The van der Waals surface area contributed by atoms with E-state index in [-0.39, 0.29) is 11.9 Å². The van der Waals surface area contributed by atoms with E-state index in [1.54, 1.807) is 18.2 Å². The normalized spacial score (nSPS) is 20.8. The Hall–Kier alpha value is -1.29. The highest BCUT2D eigenvalue weighted by atomic mass is 35.5. The Balaban J connectivity index is 2.07. The van der Waals surface area contributed by atoms with Crippen LogP contribution >= 0.6 is 34.8 Å². The summed E-state index contributed by atoms with van der Waals surface area (Å²) in [7, 11) is 0. The van der Waals surface area contributed by atoms with Crippen LogP contribution in [0.5, 0.6) is 0 Å². The van der Waals surface area contributed by atoms with E-state index >= 15 is 0 Å². The van der Waals surface area contributed by atoms with Gasteiger partial charge in [0.1, 0.15) is 0 Å². The second-order valence-corrected chi connectivity index (χ2v) is 5.34. The Labute approximate surface area is 124 Å². The Bertz CT molecular complexity index is 677. The van der Waals surface area contributed by atoms with Gasteiger partial charge in [-0.25, -0.2) is 4.79 Å². The van der Waals surface area contributed by atoms with Gasteiger partial charge in [0, 0.05) is 16.5 Å². The van der Waals surface area contributed by atoms with Crippen LogP contribution in [-0.4, -0.2) is 11.7 Å². The van der Waals surface area contributed by atoms with Gasteiger partial charge in [-0.05, 0) is 24.3 Å². The van der Waals surface area contributed by atoms with Crippen molar-refractivity contribution in [3.05, 3.63) is 56.7 Å². The number of amides is 2. The van der Waals surface area contributed by atoms with Crippen LogP contribution < -0.4 is 5.32 Å². The van der Waals surface area contributed by atoms with Crippen molar-refractivity contribution >= 4 is 46.5 Å². The number of hydrogen-bond donors (Lipinski definition) is 1. The van der Waals surface area contributed by atoms with Crippen LogP contribution in [0.2, 0.25) is 15.1 Å². The van der Waals surface area contributed by atoms with Gasteiger partial charge in [0.15, 0.2) is 0 Å². The average Bonchev–Trinajstić information content (AvgIpc) is 2.74. The third-order valence-corrected chi connectivity index (χ3v) is 4.11. The van der Waals surface area contributed by atoms with Crippen molar-refractivity contribution in [2.45, 2.75) is 5.92 Å². The lowest BCUT2D eigenvalue weighted by molar-refractivity contribution is 0.253. The molecule has 1 aliphatic heterocycles. The molecule has 1 aromatic rings. The van der Waals surface area contributed by atoms with Gasteiger partial charge in [0.2, 0.25) is 0 Å². The number of benzene rings is 1. The highest BCUT2D eigenvalue weighted by molar-refractivity contribution is 6.44. The van der Waals surface area contributed by atoms with Crippen LogP contribution in [0.3, 0.4) is 0 Å². The summed E-state index contributed by atoms with van der Waals surface area (Å²) in [5.74, 6) is -0.147. The molecule has 0 aromatic heterocycles. The summed E-state index contributed by atoms with van der Waals surface area (Å²) in [5, 5.41) is 4.06. The van der Waals surface area contributed by atoms with E-state index in [1.807, 2.05) is 12.2 Å². The third kappa shape index (κ3) is 2.18. The van der Waals surface area contributed by atoms with E-state index in [0.29, 0.717) is 26.5 Å². The summed E-state index contributed by atoms with van der Waals surface area (Å²) in [6, 6.07) is 2.99. The molecule has 1 aliphatic carbocycles. The zero-order valence-electron chi connectivity index (χ0n) is 9.45. The highest BCUT2D eigenvalue weighted by Crippen LogP contribution is 2.39. The quantitative estimate of drug-likeness (QED) is 0.770. The van der Waals surface area contributed by atoms with Gasteiger partial charge in [0.25, 0.3) is 0 Å². The number of nitrogens with zero attached hydrogens (tertiary/aromatic N) is 1. The maximum atomic E-state index is 11.2. The van der Waals surface area contributed by atoms with Gasteiger partial charge in [0.05, 0.1) is 21.5 Å². The van der Waals surface area contributed by atoms with E-state index in [4.69, 9.17) is 34.8 Å². The molecule has 2 amide bonds. The number of carbonyl (C=O) groups excluding carboxylic acids is 1. The lowest BCUT2D eigenvalue weighted by atomic mass is 9.92. The van der Waals surface area contributed by atoms with Gasteiger partial charge in [-0.15, -0.1) is 0 Å². The second-order valence-electron chi connectivity index (χ2n) is 4.15. The molecule has 6 heteroatoms. The summed E-state index contributed by atoms with van der Waals surface area (Å²) >= 11 is 18.4. The fourth-order valence-electron chi connectivity index (χ4n) is 2.09. The van der Waals surface area contributed by atoms with Crippen molar-refractivity contribution in [3.63, 3.8) is 0 Å². The van der Waals surface area contributed by atoms with Crippen molar-refractivity contribution < 1.29 is 4.79 Å². The minimum absolute atomic E-state index is 0.147. The molecular weight excluding hydrogens is 307 g/mol. The van der Waals surface area contributed by atoms with E-state index in [2.05, 4.69) is 10.3 Å². The second kappa shape index (κ2) is 4.67. The summed E-state index contributed by atoms with van der Waals surface area (Å²) < 4.78 is 0. The average molecular weight is 314 g/mol. The molecule has 0 radical (unpaired) electrons. The summed E-state index contributed by atoms with van der Waals surface area (Å²) in [4.78, 5) is 15.0. The molecule has 2 aliphatic rings. The number of rotatable bonds is 1. The van der Waals surface area contributed by atoms with Gasteiger partial charge in [-0.1, -0.05) is 40.9 Å². The topological polar surface area (TPSA) is 41.5 Å². The predicted molar refractivity (Wildman–Crippen MR) is 77.4 cm³/mol. The van der Waals surface area contributed by atoms with Crippen LogP contribution in [-0.2, 0) is 0 Å².